The van der Waals surface area contributed by atoms with Crippen LogP contribution >= 0.6 is 0 Å². The third-order valence-electron chi connectivity index (χ3n) is 7.59. The van der Waals surface area contributed by atoms with E-state index in [1.54, 1.807) is 17.0 Å². The maximum atomic E-state index is 13.4. The van der Waals surface area contributed by atoms with E-state index in [1.165, 1.54) is 24.3 Å². The molecule has 0 radical (unpaired) electrons. The normalized spacial score (nSPS) is 15.4. The highest BCUT2D eigenvalue weighted by Gasteiger charge is 2.33. The Morgan fingerprint density at radius 3 is 2.13 bits per heavy atom. The zero-order chi connectivity index (χ0) is 33.3. The number of aromatic nitrogens is 3. The third-order valence-corrected chi connectivity index (χ3v) is 7.59. The molecule has 1 fully saturated rings. The molecule has 0 unspecified atom stereocenters. The Bertz CT molecular complexity index is 1780. The Hall–Kier alpha value is -6.11. The number of carbonyl (C=O) groups excluding carboxylic acids is 4. The molecule has 240 valence electrons. The summed E-state index contributed by atoms with van der Waals surface area (Å²) in [4.78, 5) is 57.0. The number of nitrogens with zero attached hydrogens (tertiary/aromatic N) is 4. The quantitative estimate of drug-likeness (QED) is 0.151. The number of anilines is 3. The Morgan fingerprint density at radius 2 is 1.53 bits per heavy atom. The van der Waals surface area contributed by atoms with Crippen molar-refractivity contribution in [2.75, 3.05) is 17.2 Å². The Kier molecular flexibility index (Phi) is 10.2. The first kappa shape index (κ1) is 32.3. The van der Waals surface area contributed by atoms with Crippen LogP contribution < -0.4 is 16.4 Å². The molecule has 3 aromatic carbocycles. The number of hydrogen-bond donors (Lipinski definition) is 3. The summed E-state index contributed by atoms with van der Waals surface area (Å²) in [6.45, 7) is 5.94. The van der Waals surface area contributed by atoms with Crippen molar-refractivity contribution in [3.8, 4) is 0 Å². The molecule has 4 aromatic rings. The van der Waals surface area contributed by atoms with Crippen LogP contribution in [0.3, 0.4) is 0 Å². The molecule has 13 nitrogen and oxygen atoms in total. The fourth-order valence-electron chi connectivity index (χ4n) is 5.07. The van der Waals surface area contributed by atoms with Crippen molar-refractivity contribution in [3.05, 3.63) is 119 Å². The molecular formula is C34H33N7O6. The van der Waals surface area contributed by atoms with Gasteiger partial charge in [0.15, 0.2) is 11.5 Å². The van der Waals surface area contributed by atoms with Gasteiger partial charge in [0.1, 0.15) is 13.2 Å². The number of benzene rings is 3. The number of carbonyl (C=O) groups is 4. The molecule has 4 N–H and O–H groups in total. The second-order valence-electron chi connectivity index (χ2n) is 10.7. The zero-order valence-electron chi connectivity index (χ0n) is 25.6. The second-order valence-corrected chi connectivity index (χ2v) is 10.7. The summed E-state index contributed by atoms with van der Waals surface area (Å²) in [5, 5.41) is 14.1. The minimum absolute atomic E-state index is 0.00164. The van der Waals surface area contributed by atoms with Crippen LogP contribution in [0.2, 0.25) is 0 Å². The molecule has 1 saturated heterocycles. The summed E-state index contributed by atoms with van der Waals surface area (Å²) in [6, 6.07) is 22.2. The van der Waals surface area contributed by atoms with Crippen molar-refractivity contribution in [2.45, 2.75) is 38.6 Å². The lowest BCUT2D eigenvalue weighted by Crippen LogP contribution is -2.39. The first-order valence-electron chi connectivity index (χ1n) is 14.8. The van der Waals surface area contributed by atoms with Gasteiger partial charge in [0.05, 0.1) is 17.2 Å². The van der Waals surface area contributed by atoms with Gasteiger partial charge in [-0.3, -0.25) is 9.59 Å². The minimum Gasteiger partial charge on any atom is -0.457 e. The summed E-state index contributed by atoms with van der Waals surface area (Å²) in [6.07, 6.45) is 1.89. The van der Waals surface area contributed by atoms with Crippen LogP contribution in [0.25, 0.3) is 0 Å². The molecule has 5 rings (SSSR count). The van der Waals surface area contributed by atoms with Gasteiger partial charge < -0.3 is 30.7 Å². The molecule has 0 bridgehead atoms. The van der Waals surface area contributed by atoms with E-state index in [1.807, 2.05) is 55.5 Å². The van der Waals surface area contributed by atoms with Crippen molar-refractivity contribution < 1.29 is 28.7 Å². The molecule has 2 atom stereocenters. The van der Waals surface area contributed by atoms with Gasteiger partial charge in [-0.2, -0.15) is 4.98 Å². The molecule has 1 aliphatic heterocycles. The predicted molar refractivity (Wildman–Crippen MR) is 173 cm³/mol. The van der Waals surface area contributed by atoms with Gasteiger partial charge in [0.25, 0.3) is 5.91 Å². The number of primary amides is 1. The summed E-state index contributed by atoms with van der Waals surface area (Å²) < 4.78 is 11.0. The standard InChI is InChI=1S/C34H33N7O6/c1-3-28(42)41-17-16-27(21(41)2)37-34-38-31(29(30(35)43)39-40-34)36-24-14-15-25(32(44)46-19-22-10-6-4-7-11-22)26(18-24)33(45)47-20-23-12-8-5-9-13-23/h3-15,18,21,27H,1,16-17,19-20H2,2H3,(H2,35,43)(H2,36,37,38,40)/t21-,27-/m1/s1. The lowest BCUT2D eigenvalue weighted by atomic mass is 10.1. The molecule has 13 heteroatoms. The van der Waals surface area contributed by atoms with Crippen molar-refractivity contribution in [2.24, 2.45) is 5.73 Å². The number of nitrogens with two attached hydrogens (primary N) is 1. The van der Waals surface area contributed by atoms with E-state index in [-0.39, 0.29) is 65.5 Å². The highest BCUT2D eigenvalue weighted by molar-refractivity contribution is 6.04. The second kappa shape index (κ2) is 14.8. The van der Waals surface area contributed by atoms with Gasteiger partial charge in [0.2, 0.25) is 11.9 Å². The topological polar surface area (TPSA) is 179 Å². The summed E-state index contributed by atoms with van der Waals surface area (Å²) in [5.74, 6) is -2.52. The highest BCUT2D eigenvalue weighted by atomic mass is 16.5. The van der Waals surface area contributed by atoms with Crippen molar-refractivity contribution in [3.63, 3.8) is 0 Å². The van der Waals surface area contributed by atoms with Crippen molar-refractivity contribution in [1.82, 2.24) is 20.1 Å². The minimum atomic E-state index is -0.889. The van der Waals surface area contributed by atoms with Crippen LogP contribution in [0.4, 0.5) is 17.5 Å². The monoisotopic (exact) mass is 635 g/mol. The number of likely N-dealkylation sites (tertiary alicyclic amines) is 1. The van der Waals surface area contributed by atoms with Crippen LogP contribution in [-0.4, -0.2) is 62.5 Å². The average Bonchev–Trinajstić information content (AvgIpc) is 3.45. The highest BCUT2D eigenvalue weighted by Crippen LogP contribution is 2.25. The van der Waals surface area contributed by atoms with E-state index < -0.39 is 17.8 Å². The lowest BCUT2D eigenvalue weighted by molar-refractivity contribution is -0.126. The van der Waals surface area contributed by atoms with Crippen molar-refractivity contribution >= 4 is 41.2 Å². The molecule has 1 aliphatic rings. The van der Waals surface area contributed by atoms with Crippen LogP contribution in [0.1, 0.15) is 55.7 Å². The fraction of sp³-hybridized carbons (Fsp3) is 0.206. The zero-order valence-corrected chi connectivity index (χ0v) is 25.6. The number of nitrogens with one attached hydrogen (secondary N) is 2. The van der Waals surface area contributed by atoms with E-state index in [4.69, 9.17) is 15.2 Å². The number of amides is 2. The fourth-order valence-corrected chi connectivity index (χ4v) is 5.07. The van der Waals surface area contributed by atoms with E-state index in [0.29, 0.717) is 13.0 Å². The van der Waals surface area contributed by atoms with Gasteiger partial charge in [-0.05, 0) is 48.7 Å². The molecular weight excluding hydrogens is 602 g/mol. The van der Waals surface area contributed by atoms with E-state index in [2.05, 4.69) is 32.4 Å². The number of rotatable bonds is 12. The molecule has 2 amide bonds. The molecule has 0 aliphatic carbocycles. The average molecular weight is 636 g/mol. The number of hydrogen-bond acceptors (Lipinski definition) is 11. The number of ether oxygens (including phenoxy) is 2. The number of esters is 2. The summed E-state index contributed by atoms with van der Waals surface area (Å²) in [7, 11) is 0. The Morgan fingerprint density at radius 1 is 0.915 bits per heavy atom. The van der Waals surface area contributed by atoms with Gasteiger partial charge in [-0.15, -0.1) is 10.2 Å². The Labute approximate surface area is 270 Å². The Balaban J connectivity index is 1.40. The largest absolute Gasteiger partial charge is 0.457 e. The summed E-state index contributed by atoms with van der Waals surface area (Å²) >= 11 is 0. The van der Waals surface area contributed by atoms with Gasteiger partial charge >= 0.3 is 11.9 Å². The van der Waals surface area contributed by atoms with Crippen LogP contribution in [-0.2, 0) is 27.5 Å². The first-order chi connectivity index (χ1) is 22.7. The molecule has 1 aromatic heterocycles. The predicted octanol–water partition coefficient (Wildman–Crippen LogP) is 4.02. The van der Waals surface area contributed by atoms with Gasteiger partial charge in [0, 0.05) is 18.3 Å². The molecule has 47 heavy (non-hydrogen) atoms. The van der Waals surface area contributed by atoms with Gasteiger partial charge in [-0.1, -0.05) is 67.2 Å². The smallest absolute Gasteiger partial charge is 0.339 e. The van der Waals surface area contributed by atoms with Crippen LogP contribution in [0.15, 0.2) is 91.5 Å². The molecule has 0 spiro atoms. The van der Waals surface area contributed by atoms with E-state index in [9.17, 15) is 19.2 Å². The van der Waals surface area contributed by atoms with E-state index >= 15 is 0 Å². The van der Waals surface area contributed by atoms with Crippen LogP contribution in [0, 0.1) is 0 Å². The maximum Gasteiger partial charge on any atom is 0.339 e. The summed E-state index contributed by atoms with van der Waals surface area (Å²) in [5.41, 5.74) is 7.03. The van der Waals surface area contributed by atoms with Crippen LogP contribution in [0.5, 0.6) is 0 Å². The maximum absolute atomic E-state index is 13.4. The molecule has 2 heterocycles. The SMILES string of the molecule is C=CC(=O)N1CC[C@@H](Nc2nnc(C(N)=O)c(Nc3ccc(C(=O)OCc4ccccc4)c(C(=O)OCc4ccccc4)c3)n2)[C@H]1C. The van der Waals surface area contributed by atoms with Gasteiger partial charge in [-0.25, -0.2) is 9.59 Å². The van der Waals surface area contributed by atoms with Crippen molar-refractivity contribution in [1.29, 1.82) is 0 Å². The van der Waals surface area contributed by atoms with E-state index in [0.717, 1.165) is 11.1 Å². The third kappa shape index (κ3) is 7.95. The molecule has 0 saturated carbocycles. The lowest BCUT2D eigenvalue weighted by Gasteiger charge is -2.24. The first-order valence-corrected chi connectivity index (χ1v) is 14.8.